The summed E-state index contributed by atoms with van der Waals surface area (Å²) in [7, 11) is 3.06. The summed E-state index contributed by atoms with van der Waals surface area (Å²) in [5.41, 5.74) is 1.61. The minimum atomic E-state index is -0.131. The monoisotopic (exact) mass is 390 g/mol. The quantitative estimate of drug-likeness (QED) is 0.788. The molecule has 3 rings (SSSR count). The van der Waals surface area contributed by atoms with E-state index in [-0.39, 0.29) is 18.5 Å². The van der Waals surface area contributed by atoms with Gasteiger partial charge in [-0.2, -0.15) is 0 Å². The molecule has 0 radical (unpaired) electrons. The lowest BCUT2D eigenvalue weighted by atomic mass is 10.1. The van der Waals surface area contributed by atoms with Gasteiger partial charge in [-0.1, -0.05) is 17.7 Å². The zero-order valence-corrected chi connectivity index (χ0v) is 16.1. The highest BCUT2D eigenvalue weighted by Crippen LogP contribution is 2.36. The van der Waals surface area contributed by atoms with Crippen LogP contribution in [0.1, 0.15) is 11.6 Å². The summed E-state index contributed by atoms with van der Waals surface area (Å²) in [4.78, 5) is 19.0. The average Bonchev–Trinajstić information content (AvgIpc) is 2.70. The van der Waals surface area contributed by atoms with Crippen molar-refractivity contribution in [2.24, 2.45) is 0 Å². The van der Waals surface area contributed by atoms with Crippen LogP contribution in [0.2, 0.25) is 5.02 Å². The summed E-state index contributed by atoms with van der Waals surface area (Å²) in [6, 6.07) is 7.32. The van der Waals surface area contributed by atoms with Crippen LogP contribution in [0.15, 0.2) is 36.7 Å². The molecule has 0 bridgehead atoms. The molecular formula is C19H23ClN4O3. The maximum absolute atomic E-state index is 12.7. The zero-order valence-electron chi connectivity index (χ0n) is 15.4. The number of ether oxygens (including phenoxy) is 2. The van der Waals surface area contributed by atoms with Crippen LogP contribution in [-0.2, 0) is 4.79 Å². The van der Waals surface area contributed by atoms with Gasteiger partial charge in [-0.05, 0) is 11.6 Å². The van der Waals surface area contributed by atoms with Gasteiger partial charge in [0.25, 0.3) is 0 Å². The third kappa shape index (κ3) is 4.68. The van der Waals surface area contributed by atoms with E-state index >= 15 is 0 Å². The lowest BCUT2D eigenvalue weighted by Crippen LogP contribution is -2.48. The normalized spacial score (nSPS) is 17.4. The van der Waals surface area contributed by atoms with Crippen molar-refractivity contribution in [2.45, 2.75) is 6.04 Å². The number of carbonyl (C=O) groups excluding carboxylic acids is 1. The number of amides is 1. The van der Waals surface area contributed by atoms with Crippen LogP contribution in [0.5, 0.6) is 11.5 Å². The summed E-state index contributed by atoms with van der Waals surface area (Å²) in [6.45, 7) is 2.64. The van der Waals surface area contributed by atoms with Crippen LogP contribution in [-0.4, -0.2) is 56.2 Å². The zero-order chi connectivity index (χ0) is 19.2. The molecule has 2 N–H and O–H groups in total. The fourth-order valence-corrected chi connectivity index (χ4v) is 3.40. The molecule has 27 heavy (non-hydrogen) atoms. The maximum atomic E-state index is 12.7. The minimum absolute atomic E-state index is 0.0971. The first-order chi connectivity index (χ1) is 13.1. The number of benzene rings is 1. The van der Waals surface area contributed by atoms with Gasteiger partial charge in [0.2, 0.25) is 5.91 Å². The summed E-state index contributed by atoms with van der Waals surface area (Å²) < 4.78 is 10.5. The van der Waals surface area contributed by atoms with E-state index < -0.39 is 0 Å². The third-order valence-electron chi connectivity index (χ3n) is 4.52. The molecule has 1 aromatic heterocycles. The molecule has 7 nitrogen and oxygen atoms in total. The molecule has 1 aliphatic rings. The van der Waals surface area contributed by atoms with E-state index in [1.54, 1.807) is 18.3 Å². The number of rotatable bonds is 6. The van der Waals surface area contributed by atoms with Crippen molar-refractivity contribution in [3.8, 4) is 11.5 Å². The number of hydrogen-bond acceptors (Lipinski definition) is 6. The first kappa shape index (κ1) is 19.4. The molecule has 1 unspecified atom stereocenters. The second-order valence-corrected chi connectivity index (χ2v) is 6.62. The van der Waals surface area contributed by atoms with E-state index in [1.165, 1.54) is 14.2 Å². The highest BCUT2D eigenvalue weighted by atomic mass is 35.5. The van der Waals surface area contributed by atoms with E-state index in [0.29, 0.717) is 22.2 Å². The molecular weight excluding hydrogens is 368 g/mol. The van der Waals surface area contributed by atoms with Crippen LogP contribution in [0.25, 0.3) is 0 Å². The predicted octanol–water partition coefficient (Wildman–Crippen LogP) is 2.34. The van der Waals surface area contributed by atoms with Crippen LogP contribution in [0, 0.1) is 0 Å². The summed E-state index contributed by atoms with van der Waals surface area (Å²) in [6.07, 6.45) is 3.59. The second-order valence-electron chi connectivity index (χ2n) is 6.21. The topological polar surface area (TPSA) is 75.7 Å². The molecule has 0 saturated carbocycles. The predicted molar refractivity (Wildman–Crippen MR) is 105 cm³/mol. The minimum Gasteiger partial charge on any atom is -0.495 e. The largest absolute Gasteiger partial charge is 0.495 e. The van der Waals surface area contributed by atoms with Crippen LogP contribution in [0.3, 0.4) is 0 Å². The molecule has 144 valence electrons. The summed E-state index contributed by atoms with van der Waals surface area (Å²) in [5.74, 6) is 0.829. The van der Waals surface area contributed by atoms with Crippen molar-refractivity contribution >= 4 is 23.2 Å². The number of aromatic nitrogens is 1. The number of carbonyl (C=O) groups is 1. The molecule has 1 aromatic carbocycles. The summed E-state index contributed by atoms with van der Waals surface area (Å²) in [5, 5.41) is 6.70. The molecule has 1 fully saturated rings. The number of anilines is 1. The number of pyridine rings is 1. The third-order valence-corrected chi connectivity index (χ3v) is 4.81. The standard InChI is InChI=1S/C19H23ClN4O3/c1-26-17-9-15(18(27-2)8-14(17)20)23-19(25)12-24-7-6-22-11-16(24)13-4-3-5-21-10-13/h3-5,8-10,16,22H,6-7,11-12H2,1-2H3,(H,23,25). The number of hydrogen-bond donors (Lipinski definition) is 2. The molecule has 0 spiro atoms. The molecule has 2 aromatic rings. The van der Waals surface area contributed by atoms with Crippen molar-refractivity contribution in [2.75, 3.05) is 45.7 Å². The van der Waals surface area contributed by atoms with Gasteiger partial charge < -0.3 is 20.1 Å². The average molecular weight is 391 g/mol. The van der Waals surface area contributed by atoms with Crippen molar-refractivity contribution in [3.63, 3.8) is 0 Å². The van der Waals surface area contributed by atoms with E-state index in [9.17, 15) is 4.79 Å². The van der Waals surface area contributed by atoms with Gasteiger partial charge in [-0.3, -0.25) is 14.7 Å². The Morgan fingerprint density at radius 3 is 2.89 bits per heavy atom. The SMILES string of the molecule is COc1cc(NC(=O)CN2CCNCC2c2cccnc2)c(OC)cc1Cl. The van der Waals surface area contributed by atoms with Crippen LogP contribution >= 0.6 is 11.6 Å². The Morgan fingerprint density at radius 1 is 1.37 bits per heavy atom. The Labute approximate surface area is 163 Å². The molecule has 1 amide bonds. The molecule has 1 aliphatic heterocycles. The Hall–Kier alpha value is -2.35. The smallest absolute Gasteiger partial charge is 0.238 e. The van der Waals surface area contributed by atoms with Crippen LogP contribution < -0.4 is 20.1 Å². The molecule has 1 saturated heterocycles. The van der Waals surface area contributed by atoms with Gasteiger partial charge in [-0.15, -0.1) is 0 Å². The van der Waals surface area contributed by atoms with Crippen molar-refractivity contribution < 1.29 is 14.3 Å². The Balaban J connectivity index is 1.73. The van der Waals surface area contributed by atoms with Gasteiger partial charge in [-0.25, -0.2) is 0 Å². The van der Waals surface area contributed by atoms with Crippen molar-refractivity contribution in [1.29, 1.82) is 0 Å². The molecule has 8 heteroatoms. The van der Waals surface area contributed by atoms with Crippen molar-refractivity contribution in [1.82, 2.24) is 15.2 Å². The fourth-order valence-electron chi connectivity index (χ4n) is 3.17. The number of halogens is 1. The van der Waals surface area contributed by atoms with Crippen molar-refractivity contribution in [3.05, 3.63) is 47.2 Å². The fraction of sp³-hybridized carbons (Fsp3) is 0.368. The molecule has 0 aliphatic carbocycles. The van der Waals surface area contributed by atoms with E-state index in [1.807, 2.05) is 18.3 Å². The van der Waals surface area contributed by atoms with Gasteiger partial charge >= 0.3 is 0 Å². The Kier molecular flexibility index (Phi) is 6.49. The van der Waals surface area contributed by atoms with Gasteiger partial charge in [0.05, 0.1) is 31.5 Å². The lowest BCUT2D eigenvalue weighted by molar-refractivity contribution is -0.118. The second kappa shape index (κ2) is 9.03. The number of nitrogens with zero attached hydrogens (tertiary/aromatic N) is 2. The first-order valence-corrected chi connectivity index (χ1v) is 9.06. The maximum Gasteiger partial charge on any atom is 0.238 e. The Bertz CT molecular complexity index is 788. The van der Waals surface area contributed by atoms with E-state index in [0.717, 1.165) is 25.2 Å². The highest BCUT2D eigenvalue weighted by molar-refractivity contribution is 6.32. The number of piperazine rings is 1. The summed E-state index contributed by atoms with van der Waals surface area (Å²) >= 11 is 6.12. The molecule has 2 heterocycles. The van der Waals surface area contributed by atoms with Gasteiger partial charge in [0.15, 0.2) is 0 Å². The highest BCUT2D eigenvalue weighted by Gasteiger charge is 2.26. The number of methoxy groups -OCH3 is 2. The van der Waals surface area contributed by atoms with Gasteiger partial charge in [0, 0.05) is 50.2 Å². The van der Waals surface area contributed by atoms with Gasteiger partial charge in [0.1, 0.15) is 11.5 Å². The lowest BCUT2D eigenvalue weighted by Gasteiger charge is -2.35. The van der Waals surface area contributed by atoms with E-state index in [4.69, 9.17) is 21.1 Å². The number of nitrogens with one attached hydrogen (secondary N) is 2. The molecule has 1 atom stereocenters. The van der Waals surface area contributed by atoms with Crippen LogP contribution in [0.4, 0.5) is 5.69 Å². The first-order valence-electron chi connectivity index (χ1n) is 8.68. The Morgan fingerprint density at radius 2 is 2.19 bits per heavy atom. The van der Waals surface area contributed by atoms with E-state index in [2.05, 4.69) is 20.5 Å².